The SMILES string of the molecule is CCOC(=O)Cc1ccc(C(=O)C(C)Br)c(C#N)c1. The van der Waals surface area contributed by atoms with Gasteiger partial charge >= 0.3 is 5.97 Å². The molecule has 1 aromatic rings. The predicted molar refractivity (Wildman–Crippen MR) is 74.2 cm³/mol. The summed E-state index contributed by atoms with van der Waals surface area (Å²) in [6, 6.07) is 6.78. The molecule has 0 radical (unpaired) electrons. The molecule has 100 valence electrons. The van der Waals surface area contributed by atoms with Gasteiger partial charge in [-0.1, -0.05) is 22.0 Å². The molecule has 1 atom stereocenters. The summed E-state index contributed by atoms with van der Waals surface area (Å²) >= 11 is 3.19. The number of nitriles is 1. The van der Waals surface area contributed by atoms with E-state index in [2.05, 4.69) is 15.9 Å². The maximum absolute atomic E-state index is 11.9. The van der Waals surface area contributed by atoms with E-state index in [1.807, 2.05) is 6.07 Å². The van der Waals surface area contributed by atoms with Crippen LogP contribution < -0.4 is 0 Å². The highest BCUT2D eigenvalue weighted by molar-refractivity contribution is 9.10. The molecule has 0 saturated heterocycles. The molecule has 0 saturated carbocycles. The van der Waals surface area contributed by atoms with Gasteiger partial charge in [-0.2, -0.15) is 5.26 Å². The quantitative estimate of drug-likeness (QED) is 0.474. The van der Waals surface area contributed by atoms with E-state index >= 15 is 0 Å². The Bertz CT molecular complexity index is 532. The smallest absolute Gasteiger partial charge is 0.310 e. The van der Waals surface area contributed by atoms with Crippen LogP contribution >= 0.6 is 15.9 Å². The Morgan fingerprint density at radius 3 is 2.68 bits per heavy atom. The monoisotopic (exact) mass is 323 g/mol. The summed E-state index contributed by atoms with van der Waals surface area (Å²) in [6.45, 7) is 3.76. The lowest BCUT2D eigenvalue weighted by molar-refractivity contribution is -0.142. The highest BCUT2D eigenvalue weighted by atomic mass is 79.9. The maximum Gasteiger partial charge on any atom is 0.310 e. The van der Waals surface area contributed by atoms with Crippen LogP contribution in [-0.2, 0) is 16.0 Å². The first-order valence-electron chi connectivity index (χ1n) is 5.86. The zero-order valence-electron chi connectivity index (χ0n) is 10.8. The molecule has 5 heteroatoms. The van der Waals surface area contributed by atoms with Gasteiger partial charge in [-0.25, -0.2) is 0 Å². The molecule has 1 aromatic carbocycles. The summed E-state index contributed by atoms with van der Waals surface area (Å²) in [4.78, 5) is 22.9. The van der Waals surface area contributed by atoms with Crippen molar-refractivity contribution in [3.63, 3.8) is 0 Å². The third kappa shape index (κ3) is 4.18. The van der Waals surface area contributed by atoms with Crippen LogP contribution in [0.2, 0.25) is 0 Å². The zero-order valence-corrected chi connectivity index (χ0v) is 12.4. The van der Waals surface area contributed by atoms with Crippen molar-refractivity contribution in [1.29, 1.82) is 5.26 Å². The number of halogens is 1. The second-order valence-corrected chi connectivity index (χ2v) is 5.33. The molecular formula is C14H14BrNO3. The number of nitrogens with zero attached hydrogens (tertiary/aromatic N) is 1. The van der Waals surface area contributed by atoms with Crippen molar-refractivity contribution < 1.29 is 14.3 Å². The first kappa shape index (κ1) is 15.4. The van der Waals surface area contributed by atoms with Crippen LogP contribution in [0.3, 0.4) is 0 Å². The van der Waals surface area contributed by atoms with Gasteiger partial charge in [-0.3, -0.25) is 9.59 Å². The number of hydrogen-bond acceptors (Lipinski definition) is 4. The van der Waals surface area contributed by atoms with E-state index in [1.54, 1.807) is 32.0 Å². The van der Waals surface area contributed by atoms with Crippen LogP contribution in [-0.4, -0.2) is 23.2 Å². The highest BCUT2D eigenvalue weighted by Crippen LogP contribution is 2.17. The van der Waals surface area contributed by atoms with E-state index in [4.69, 9.17) is 10.00 Å². The second kappa shape index (κ2) is 7.05. The predicted octanol–water partition coefficient (Wildman–Crippen LogP) is 2.63. The van der Waals surface area contributed by atoms with Gasteiger partial charge in [-0.05, 0) is 31.5 Å². The normalized spacial score (nSPS) is 11.5. The fourth-order valence-corrected chi connectivity index (χ4v) is 1.85. The number of Topliss-reactive ketones (excluding diaryl/α,β-unsaturated/α-hetero) is 1. The number of ether oxygens (including phenoxy) is 1. The lowest BCUT2D eigenvalue weighted by Crippen LogP contribution is -2.13. The molecule has 0 aromatic heterocycles. The van der Waals surface area contributed by atoms with E-state index < -0.39 is 0 Å². The Morgan fingerprint density at radius 1 is 1.47 bits per heavy atom. The first-order valence-corrected chi connectivity index (χ1v) is 6.78. The molecule has 0 amide bonds. The average molecular weight is 324 g/mol. The summed E-state index contributed by atoms with van der Waals surface area (Å²) in [5, 5.41) is 9.08. The molecule has 4 nitrogen and oxygen atoms in total. The number of carbonyl (C=O) groups is 2. The van der Waals surface area contributed by atoms with Crippen molar-refractivity contribution in [3.05, 3.63) is 34.9 Å². The van der Waals surface area contributed by atoms with Crippen LogP contribution in [0.25, 0.3) is 0 Å². The largest absolute Gasteiger partial charge is 0.466 e. The Labute approximate surface area is 120 Å². The summed E-state index contributed by atoms with van der Waals surface area (Å²) in [7, 11) is 0. The Morgan fingerprint density at radius 2 is 2.16 bits per heavy atom. The number of benzene rings is 1. The van der Waals surface area contributed by atoms with Crippen molar-refractivity contribution in [2.45, 2.75) is 25.1 Å². The Balaban J connectivity index is 3.00. The molecular weight excluding hydrogens is 310 g/mol. The number of hydrogen-bond donors (Lipinski definition) is 0. The molecule has 0 bridgehead atoms. The summed E-state index contributed by atoms with van der Waals surface area (Å²) in [6.07, 6.45) is 0.0981. The fraction of sp³-hybridized carbons (Fsp3) is 0.357. The number of alkyl halides is 1. The minimum Gasteiger partial charge on any atom is -0.466 e. The summed E-state index contributed by atoms with van der Waals surface area (Å²) in [5.74, 6) is -0.501. The summed E-state index contributed by atoms with van der Waals surface area (Å²) in [5.41, 5.74) is 1.30. The van der Waals surface area contributed by atoms with Crippen LogP contribution in [0.5, 0.6) is 0 Å². The van der Waals surface area contributed by atoms with Gasteiger partial charge in [0.2, 0.25) is 0 Å². The number of ketones is 1. The van der Waals surface area contributed by atoms with E-state index in [1.165, 1.54) is 0 Å². The van der Waals surface area contributed by atoms with Crippen LogP contribution in [0.15, 0.2) is 18.2 Å². The van der Waals surface area contributed by atoms with E-state index in [0.29, 0.717) is 17.7 Å². The minimum absolute atomic E-state index is 0.0981. The van der Waals surface area contributed by atoms with E-state index in [9.17, 15) is 9.59 Å². The molecule has 0 aliphatic rings. The second-order valence-electron chi connectivity index (χ2n) is 3.95. The van der Waals surface area contributed by atoms with Gasteiger partial charge in [0, 0.05) is 5.56 Å². The molecule has 0 fully saturated rings. The number of rotatable bonds is 5. The van der Waals surface area contributed by atoms with Crippen molar-refractivity contribution in [2.75, 3.05) is 6.61 Å². The molecule has 1 rings (SSSR count). The topological polar surface area (TPSA) is 67.2 Å². The Hall–Kier alpha value is -1.67. The van der Waals surface area contributed by atoms with E-state index in [-0.39, 0.29) is 28.6 Å². The molecule has 0 heterocycles. The van der Waals surface area contributed by atoms with Crippen LogP contribution in [0, 0.1) is 11.3 Å². The van der Waals surface area contributed by atoms with Crippen LogP contribution in [0.1, 0.15) is 35.3 Å². The number of carbonyl (C=O) groups excluding carboxylic acids is 2. The van der Waals surface area contributed by atoms with Gasteiger partial charge in [0.25, 0.3) is 0 Å². The highest BCUT2D eigenvalue weighted by Gasteiger charge is 2.17. The number of esters is 1. The molecule has 1 unspecified atom stereocenters. The first-order chi connectivity index (χ1) is 8.99. The molecule has 19 heavy (non-hydrogen) atoms. The fourth-order valence-electron chi connectivity index (χ4n) is 1.60. The lowest BCUT2D eigenvalue weighted by atomic mass is 9.99. The standard InChI is InChI=1S/C14H14BrNO3/c1-3-19-13(17)7-10-4-5-12(11(6-10)8-16)14(18)9(2)15/h4-6,9H,3,7H2,1-2H3. The van der Waals surface area contributed by atoms with Crippen LogP contribution in [0.4, 0.5) is 0 Å². The van der Waals surface area contributed by atoms with E-state index in [0.717, 1.165) is 0 Å². The zero-order chi connectivity index (χ0) is 14.4. The van der Waals surface area contributed by atoms with Gasteiger partial charge in [0.15, 0.2) is 5.78 Å². The third-order valence-electron chi connectivity index (χ3n) is 2.48. The minimum atomic E-state index is -0.351. The maximum atomic E-state index is 11.9. The van der Waals surface area contributed by atoms with Crippen molar-refractivity contribution in [2.24, 2.45) is 0 Å². The van der Waals surface area contributed by atoms with Crippen molar-refractivity contribution in [3.8, 4) is 6.07 Å². The average Bonchev–Trinajstić information content (AvgIpc) is 2.37. The van der Waals surface area contributed by atoms with Crippen molar-refractivity contribution >= 4 is 27.7 Å². The van der Waals surface area contributed by atoms with Gasteiger partial charge < -0.3 is 4.74 Å². The van der Waals surface area contributed by atoms with Gasteiger partial charge in [0.1, 0.15) is 0 Å². The Kier molecular flexibility index (Phi) is 5.71. The molecule has 0 aliphatic heterocycles. The van der Waals surface area contributed by atoms with Gasteiger partial charge in [-0.15, -0.1) is 0 Å². The lowest BCUT2D eigenvalue weighted by Gasteiger charge is -2.07. The molecule has 0 spiro atoms. The summed E-state index contributed by atoms with van der Waals surface area (Å²) < 4.78 is 4.84. The van der Waals surface area contributed by atoms with Gasteiger partial charge in [0.05, 0.1) is 29.5 Å². The molecule has 0 N–H and O–H groups in total. The van der Waals surface area contributed by atoms with Crippen molar-refractivity contribution in [1.82, 2.24) is 0 Å². The third-order valence-corrected chi connectivity index (χ3v) is 2.90. The molecule has 0 aliphatic carbocycles.